The molecular formula is C14H22N2O2S. The molecule has 1 spiro atoms. The van der Waals surface area contributed by atoms with E-state index in [1.807, 2.05) is 6.20 Å². The molecule has 3 heterocycles. The van der Waals surface area contributed by atoms with E-state index >= 15 is 0 Å². The monoisotopic (exact) mass is 282 g/mol. The number of nitrogens with one attached hydrogen (secondary N) is 1. The van der Waals surface area contributed by atoms with Crippen LogP contribution in [0.3, 0.4) is 0 Å². The maximum atomic E-state index is 5.98. The normalized spacial score (nSPS) is 32.8. The van der Waals surface area contributed by atoms with Crippen LogP contribution in [0, 0.1) is 0 Å². The minimum atomic E-state index is -0.0168. The molecule has 5 heteroatoms. The smallest absolute Gasteiger partial charge is 0.109 e. The van der Waals surface area contributed by atoms with Gasteiger partial charge >= 0.3 is 0 Å². The zero-order chi connectivity index (χ0) is 13.1. The number of hydrogen-bond acceptors (Lipinski definition) is 5. The maximum Gasteiger partial charge on any atom is 0.109 e. The van der Waals surface area contributed by atoms with Gasteiger partial charge in [0.1, 0.15) is 5.01 Å². The molecule has 1 N–H and O–H groups in total. The summed E-state index contributed by atoms with van der Waals surface area (Å²) in [6, 6.07) is 0.895. The van der Waals surface area contributed by atoms with Gasteiger partial charge in [-0.2, -0.15) is 0 Å². The second-order valence-electron chi connectivity index (χ2n) is 5.52. The topological polar surface area (TPSA) is 43.4 Å². The second-order valence-corrected chi connectivity index (χ2v) is 6.45. The molecule has 0 saturated carbocycles. The van der Waals surface area contributed by atoms with Crippen LogP contribution in [-0.4, -0.2) is 36.4 Å². The fraction of sp³-hybridized carbons (Fsp3) is 0.786. The van der Waals surface area contributed by atoms with Crippen molar-refractivity contribution in [1.82, 2.24) is 10.3 Å². The molecule has 0 aromatic carbocycles. The third kappa shape index (κ3) is 2.99. The average molecular weight is 282 g/mol. The molecule has 0 bridgehead atoms. The lowest BCUT2D eigenvalue weighted by molar-refractivity contribution is -0.0904. The van der Waals surface area contributed by atoms with E-state index < -0.39 is 0 Å². The van der Waals surface area contributed by atoms with Crippen LogP contribution in [-0.2, 0) is 9.47 Å². The summed E-state index contributed by atoms with van der Waals surface area (Å²) >= 11 is 1.74. The Morgan fingerprint density at radius 2 is 2.53 bits per heavy atom. The first-order valence-corrected chi connectivity index (χ1v) is 8.06. The van der Waals surface area contributed by atoms with E-state index in [0.29, 0.717) is 12.1 Å². The van der Waals surface area contributed by atoms with Crippen molar-refractivity contribution in [2.24, 2.45) is 0 Å². The molecule has 3 unspecified atom stereocenters. The molecule has 106 valence electrons. The molecule has 2 saturated heterocycles. The Morgan fingerprint density at radius 1 is 1.58 bits per heavy atom. The fourth-order valence-electron chi connectivity index (χ4n) is 3.09. The van der Waals surface area contributed by atoms with Gasteiger partial charge in [0.15, 0.2) is 0 Å². The third-order valence-electron chi connectivity index (χ3n) is 4.15. The number of rotatable bonds is 4. The van der Waals surface area contributed by atoms with Gasteiger partial charge in [-0.15, -0.1) is 11.3 Å². The van der Waals surface area contributed by atoms with Gasteiger partial charge in [-0.25, -0.2) is 4.98 Å². The molecule has 0 amide bonds. The van der Waals surface area contributed by atoms with Gasteiger partial charge in [0.25, 0.3) is 0 Å². The summed E-state index contributed by atoms with van der Waals surface area (Å²) in [5, 5.41) is 7.02. The Labute approximate surface area is 118 Å². The van der Waals surface area contributed by atoms with Gasteiger partial charge in [-0.1, -0.05) is 6.92 Å². The minimum Gasteiger partial charge on any atom is -0.378 e. The van der Waals surface area contributed by atoms with E-state index in [0.717, 1.165) is 45.5 Å². The van der Waals surface area contributed by atoms with E-state index in [1.165, 1.54) is 5.01 Å². The predicted octanol–water partition coefficient (Wildman–Crippen LogP) is 2.52. The first-order chi connectivity index (χ1) is 9.31. The van der Waals surface area contributed by atoms with Crippen LogP contribution in [0.2, 0.25) is 0 Å². The van der Waals surface area contributed by atoms with Crippen molar-refractivity contribution >= 4 is 11.3 Å². The fourth-order valence-corrected chi connectivity index (χ4v) is 3.87. The molecule has 2 aliphatic heterocycles. The third-order valence-corrected chi connectivity index (χ3v) is 5.04. The average Bonchev–Trinajstić information content (AvgIpc) is 3.08. The molecule has 0 aliphatic carbocycles. The van der Waals surface area contributed by atoms with Crippen LogP contribution in [0.5, 0.6) is 0 Å². The number of nitrogens with zero attached hydrogens (tertiary/aromatic N) is 1. The van der Waals surface area contributed by atoms with E-state index in [4.69, 9.17) is 9.47 Å². The molecule has 1 aromatic heterocycles. The summed E-state index contributed by atoms with van der Waals surface area (Å²) in [4.78, 5) is 4.44. The van der Waals surface area contributed by atoms with Crippen LogP contribution in [0.4, 0.5) is 0 Å². The highest BCUT2D eigenvalue weighted by Crippen LogP contribution is 2.34. The van der Waals surface area contributed by atoms with Gasteiger partial charge in [-0.05, 0) is 19.3 Å². The van der Waals surface area contributed by atoms with Crippen LogP contribution < -0.4 is 5.32 Å². The summed E-state index contributed by atoms with van der Waals surface area (Å²) in [6.07, 6.45) is 6.16. The summed E-state index contributed by atoms with van der Waals surface area (Å²) in [7, 11) is 0. The summed E-state index contributed by atoms with van der Waals surface area (Å²) in [6.45, 7) is 4.66. The highest BCUT2D eigenvalue weighted by atomic mass is 32.1. The van der Waals surface area contributed by atoms with E-state index in [1.54, 1.807) is 11.3 Å². The van der Waals surface area contributed by atoms with Crippen molar-refractivity contribution in [3.8, 4) is 0 Å². The predicted molar refractivity (Wildman–Crippen MR) is 75.4 cm³/mol. The zero-order valence-electron chi connectivity index (χ0n) is 11.4. The number of hydrogen-bond donors (Lipinski definition) is 1. The Hall–Kier alpha value is -0.490. The Kier molecular flexibility index (Phi) is 4.17. The second kappa shape index (κ2) is 5.87. The van der Waals surface area contributed by atoms with Crippen molar-refractivity contribution in [2.75, 3.05) is 19.8 Å². The molecule has 1 aromatic rings. The minimum absolute atomic E-state index is 0.0168. The lowest BCUT2D eigenvalue weighted by Gasteiger charge is -2.38. The van der Waals surface area contributed by atoms with Gasteiger partial charge in [-0.3, -0.25) is 0 Å². The van der Waals surface area contributed by atoms with Gasteiger partial charge in [0.05, 0.1) is 18.2 Å². The highest BCUT2D eigenvalue weighted by Gasteiger charge is 2.41. The molecule has 19 heavy (non-hydrogen) atoms. The summed E-state index contributed by atoms with van der Waals surface area (Å²) < 4.78 is 11.5. The van der Waals surface area contributed by atoms with Gasteiger partial charge < -0.3 is 14.8 Å². The molecule has 2 aliphatic rings. The quantitative estimate of drug-likeness (QED) is 0.921. The molecule has 3 rings (SSSR count). The Morgan fingerprint density at radius 3 is 3.21 bits per heavy atom. The first-order valence-electron chi connectivity index (χ1n) is 7.18. The van der Waals surface area contributed by atoms with E-state index in [2.05, 4.69) is 22.6 Å². The van der Waals surface area contributed by atoms with Crippen LogP contribution in [0.1, 0.15) is 43.7 Å². The molecule has 3 atom stereocenters. The van der Waals surface area contributed by atoms with Crippen LogP contribution >= 0.6 is 11.3 Å². The lowest BCUT2D eigenvalue weighted by Crippen LogP contribution is -2.48. The van der Waals surface area contributed by atoms with Crippen molar-refractivity contribution in [3.63, 3.8) is 0 Å². The summed E-state index contributed by atoms with van der Waals surface area (Å²) in [5.41, 5.74) is -0.0168. The number of ether oxygens (including phenoxy) is 2. The van der Waals surface area contributed by atoms with Gasteiger partial charge in [0.2, 0.25) is 0 Å². The molecule has 2 fully saturated rings. The SMILES string of the molecule is CCC(NC1CCOC2(CCOC2)C1)c1nccs1. The highest BCUT2D eigenvalue weighted by molar-refractivity contribution is 7.09. The van der Waals surface area contributed by atoms with Gasteiger partial charge in [0, 0.05) is 37.3 Å². The largest absolute Gasteiger partial charge is 0.378 e. The van der Waals surface area contributed by atoms with E-state index in [-0.39, 0.29) is 5.60 Å². The van der Waals surface area contributed by atoms with Crippen molar-refractivity contribution < 1.29 is 9.47 Å². The van der Waals surface area contributed by atoms with Crippen molar-refractivity contribution in [1.29, 1.82) is 0 Å². The Balaban J connectivity index is 1.62. The lowest BCUT2D eigenvalue weighted by atomic mass is 9.89. The maximum absolute atomic E-state index is 5.98. The van der Waals surface area contributed by atoms with Crippen molar-refractivity contribution in [2.45, 2.75) is 50.3 Å². The molecule has 4 nitrogen and oxygen atoms in total. The molecule has 0 radical (unpaired) electrons. The summed E-state index contributed by atoms with van der Waals surface area (Å²) in [5.74, 6) is 0. The number of aromatic nitrogens is 1. The first kappa shape index (κ1) is 13.5. The standard InChI is InChI=1S/C14H22N2O2S/c1-2-12(13-15-5-8-19-13)16-11-3-6-18-14(9-11)4-7-17-10-14/h5,8,11-12,16H,2-4,6-7,9-10H2,1H3. The molecular weight excluding hydrogens is 260 g/mol. The van der Waals surface area contributed by atoms with E-state index in [9.17, 15) is 0 Å². The van der Waals surface area contributed by atoms with Crippen LogP contribution in [0.15, 0.2) is 11.6 Å². The Bertz CT molecular complexity index is 390. The van der Waals surface area contributed by atoms with Crippen molar-refractivity contribution in [3.05, 3.63) is 16.6 Å². The van der Waals surface area contributed by atoms with Crippen LogP contribution in [0.25, 0.3) is 0 Å². The number of thiazole rings is 1. The zero-order valence-corrected chi connectivity index (χ0v) is 12.2.